The molecule has 0 amide bonds. The van der Waals surface area contributed by atoms with Crippen LogP contribution in [0, 0.1) is 0 Å². The van der Waals surface area contributed by atoms with Crippen molar-refractivity contribution in [2.75, 3.05) is 6.61 Å². The lowest BCUT2D eigenvalue weighted by Crippen LogP contribution is -2.22. The van der Waals surface area contributed by atoms with Crippen LogP contribution in [0.15, 0.2) is 59.7 Å². The van der Waals surface area contributed by atoms with Crippen LogP contribution in [0.1, 0.15) is 42.4 Å². The highest BCUT2D eigenvalue weighted by atomic mass is 19.4. The molecule has 1 aromatic heterocycles. The van der Waals surface area contributed by atoms with Crippen molar-refractivity contribution < 1.29 is 17.9 Å². The van der Waals surface area contributed by atoms with E-state index in [-0.39, 0.29) is 5.54 Å². The number of rotatable bonds is 3. The number of nitrogens with zero attached hydrogens (tertiary/aromatic N) is 2. The number of aromatic nitrogens is 1. The molecule has 1 spiro atoms. The van der Waals surface area contributed by atoms with E-state index in [1.54, 1.807) is 6.07 Å². The van der Waals surface area contributed by atoms with Gasteiger partial charge in [-0.1, -0.05) is 43.2 Å². The van der Waals surface area contributed by atoms with Crippen LogP contribution in [0.2, 0.25) is 0 Å². The highest BCUT2D eigenvalue weighted by Crippen LogP contribution is 2.38. The first-order chi connectivity index (χ1) is 13.9. The van der Waals surface area contributed by atoms with E-state index in [1.807, 2.05) is 35.0 Å². The molecular weight excluding hydrogens is 377 g/mol. The second-order valence-electron chi connectivity index (χ2n) is 8.02. The van der Waals surface area contributed by atoms with Crippen molar-refractivity contribution in [3.63, 3.8) is 0 Å². The van der Waals surface area contributed by atoms with E-state index >= 15 is 0 Å². The maximum absolute atomic E-state index is 13.1. The van der Waals surface area contributed by atoms with Gasteiger partial charge in [-0.3, -0.25) is 0 Å². The van der Waals surface area contributed by atoms with Gasteiger partial charge in [-0.05, 0) is 36.6 Å². The van der Waals surface area contributed by atoms with Crippen LogP contribution in [0.25, 0.3) is 10.9 Å². The third-order valence-electron chi connectivity index (χ3n) is 5.98. The Morgan fingerprint density at radius 1 is 1.03 bits per heavy atom. The van der Waals surface area contributed by atoms with E-state index in [0.717, 1.165) is 35.4 Å². The Labute approximate surface area is 166 Å². The smallest absolute Gasteiger partial charge is 0.416 e. The Morgan fingerprint density at radius 3 is 2.62 bits per heavy atom. The predicted octanol–water partition coefficient (Wildman–Crippen LogP) is 5.80. The molecule has 0 saturated heterocycles. The number of ether oxygens (including phenoxy) is 1. The number of benzene rings is 2. The van der Waals surface area contributed by atoms with Crippen molar-refractivity contribution in [1.82, 2.24) is 4.57 Å². The maximum atomic E-state index is 13.1. The van der Waals surface area contributed by atoms with Gasteiger partial charge < -0.3 is 9.30 Å². The molecule has 0 N–H and O–H groups in total. The van der Waals surface area contributed by atoms with Gasteiger partial charge in [0.05, 0.1) is 16.7 Å². The number of alkyl halides is 3. The average Bonchev–Trinajstić information content (AvgIpc) is 3.42. The Kier molecular flexibility index (Phi) is 4.19. The predicted molar refractivity (Wildman–Crippen MR) is 106 cm³/mol. The number of hydrogen-bond acceptors (Lipinski definition) is 2. The summed E-state index contributed by atoms with van der Waals surface area (Å²) in [6.07, 6.45) is 2.08. The van der Waals surface area contributed by atoms with Crippen molar-refractivity contribution in [2.45, 2.75) is 43.9 Å². The molecule has 3 aromatic rings. The molecule has 0 bridgehead atoms. The topological polar surface area (TPSA) is 26.5 Å². The van der Waals surface area contributed by atoms with Gasteiger partial charge in [-0.2, -0.15) is 13.2 Å². The van der Waals surface area contributed by atoms with Crippen LogP contribution in [0.3, 0.4) is 0 Å². The fraction of sp³-hybridized carbons (Fsp3) is 0.348. The quantitative estimate of drug-likeness (QED) is 0.548. The zero-order valence-electron chi connectivity index (χ0n) is 15.9. The summed E-state index contributed by atoms with van der Waals surface area (Å²) in [5.74, 6) is 0.658. The SMILES string of the molecule is FC(F)(F)c1cccc(Cn2cc(C3=NC4(CCCC4)CO3)c3ccccc32)c1. The van der Waals surface area contributed by atoms with Crippen molar-refractivity contribution in [2.24, 2.45) is 4.99 Å². The number of halogens is 3. The molecule has 1 aliphatic carbocycles. The summed E-state index contributed by atoms with van der Waals surface area (Å²) in [5, 5.41) is 1.01. The van der Waals surface area contributed by atoms with Crippen LogP contribution in [-0.4, -0.2) is 22.6 Å². The molecule has 0 unspecified atom stereocenters. The van der Waals surface area contributed by atoms with Crippen LogP contribution in [-0.2, 0) is 17.5 Å². The first-order valence-electron chi connectivity index (χ1n) is 9.91. The molecule has 2 aliphatic rings. The highest BCUT2D eigenvalue weighted by molar-refractivity contribution is 6.07. The number of para-hydroxylation sites is 1. The van der Waals surface area contributed by atoms with Crippen molar-refractivity contribution in [3.8, 4) is 0 Å². The Morgan fingerprint density at radius 2 is 1.83 bits per heavy atom. The van der Waals surface area contributed by atoms with Gasteiger partial charge in [0.2, 0.25) is 5.90 Å². The second-order valence-corrected chi connectivity index (χ2v) is 8.02. The lowest BCUT2D eigenvalue weighted by Gasteiger charge is -2.14. The normalized spacial score (nSPS) is 18.4. The number of aliphatic imine (C=N–C) groups is 1. The van der Waals surface area contributed by atoms with Gasteiger partial charge >= 0.3 is 6.18 Å². The molecule has 29 heavy (non-hydrogen) atoms. The third kappa shape index (κ3) is 3.30. The van der Waals surface area contributed by atoms with E-state index in [9.17, 15) is 13.2 Å². The van der Waals surface area contributed by atoms with E-state index in [4.69, 9.17) is 9.73 Å². The van der Waals surface area contributed by atoms with Crippen molar-refractivity contribution >= 4 is 16.8 Å². The minimum Gasteiger partial charge on any atom is -0.475 e. The summed E-state index contributed by atoms with van der Waals surface area (Å²) in [4.78, 5) is 4.94. The first kappa shape index (κ1) is 18.3. The Bertz CT molecular complexity index is 1090. The van der Waals surface area contributed by atoms with Crippen LogP contribution < -0.4 is 0 Å². The average molecular weight is 398 g/mol. The fourth-order valence-corrected chi connectivity index (χ4v) is 4.50. The minimum atomic E-state index is -4.35. The van der Waals surface area contributed by atoms with Gasteiger partial charge in [0.15, 0.2) is 0 Å². The zero-order chi connectivity index (χ0) is 20.1. The molecule has 150 valence electrons. The fourth-order valence-electron chi connectivity index (χ4n) is 4.50. The molecule has 0 atom stereocenters. The molecule has 2 heterocycles. The molecule has 1 fully saturated rings. The molecule has 3 nitrogen and oxygen atoms in total. The molecule has 1 saturated carbocycles. The highest BCUT2D eigenvalue weighted by Gasteiger charge is 2.40. The lowest BCUT2D eigenvalue weighted by atomic mass is 10.0. The minimum absolute atomic E-state index is 0.0838. The molecule has 5 rings (SSSR count). The summed E-state index contributed by atoms with van der Waals surface area (Å²) in [6.45, 7) is 0.971. The van der Waals surface area contributed by atoms with Crippen LogP contribution in [0.4, 0.5) is 13.2 Å². The largest absolute Gasteiger partial charge is 0.475 e. The zero-order valence-corrected chi connectivity index (χ0v) is 15.9. The van der Waals surface area contributed by atoms with Gasteiger partial charge in [0, 0.05) is 23.6 Å². The van der Waals surface area contributed by atoms with Gasteiger partial charge in [0.1, 0.15) is 6.61 Å². The van der Waals surface area contributed by atoms with Crippen molar-refractivity contribution in [1.29, 1.82) is 0 Å². The molecule has 2 aromatic carbocycles. The van der Waals surface area contributed by atoms with Crippen molar-refractivity contribution in [3.05, 3.63) is 71.4 Å². The number of fused-ring (bicyclic) bond motifs is 1. The maximum Gasteiger partial charge on any atom is 0.416 e. The second kappa shape index (κ2) is 6.65. The first-order valence-corrected chi connectivity index (χ1v) is 9.91. The van der Waals surface area contributed by atoms with E-state index in [1.165, 1.54) is 25.0 Å². The van der Waals surface area contributed by atoms with Crippen LogP contribution >= 0.6 is 0 Å². The van der Waals surface area contributed by atoms with Gasteiger partial charge in [0.25, 0.3) is 0 Å². The molecule has 6 heteroatoms. The van der Waals surface area contributed by atoms with E-state index in [0.29, 0.717) is 24.6 Å². The van der Waals surface area contributed by atoms with E-state index < -0.39 is 11.7 Å². The number of hydrogen-bond donors (Lipinski definition) is 0. The molecular formula is C23H21F3N2O. The Hall–Kier alpha value is -2.76. The third-order valence-corrected chi connectivity index (χ3v) is 5.98. The summed E-state index contributed by atoms with van der Waals surface area (Å²) in [5.41, 5.74) is 1.77. The lowest BCUT2D eigenvalue weighted by molar-refractivity contribution is -0.137. The Balaban J connectivity index is 1.53. The summed E-state index contributed by atoms with van der Waals surface area (Å²) in [6, 6.07) is 13.4. The summed E-state index contributed by atoms with van der Waals surface area (Å²) in [7, 11) is 0. The standard InChI is InChI=1S/C23H21F3N2O/c24-23(25,26)17-7-5-6-16(12-17)13-28-14-19(18-8-1-2-9-20(18)28)21-27-22(15-29-21)10-3-4-11-22/h1-2,5-9,12,14H,3-4,10-11,13,15H2. The van der Waals surface area contributed by atoms with Gasteiger partial charge in [-0.25, -0.2) is 4.99 Å². The van der Waals surface area contributed by atoms with Crippen LogP contribution in [0.5, 0.6) is 0 Å². The molecule has 0 radical (unpaired) electrons. The summed E-state index contributed by atoms with van der Waals surface area (Å²) >= 11 is 0. The van der Waals surface area contributed by atoms with Gasteiger partial charge in [-0.15, -0.1) is 0 Å². The molecule has 1 aliphatic heterocycles. The monoisotopic (exact) mass is 398 g/mol. The summed E-state index contributed by atoms with van der Waals surface area (Å²) < 4.78 is 47.2. The van der Waals surface area contributed by atoms with E-state index in [2.05, 4.69) is 0 Å².